The van der Waals surface area contributed by atoms with Crippen LogP contribution in [0.2, 0.25) is 0 Å². The summed E-state index contributed by atoms with van der Waals surface area (Å²) in [6.45, 7) is 1.80. The summed E-state index contributed by atoms with van der Waals surface area (Å²) in [6, 6.07) is 2.67. The molecule has 0 amide bonds. The van der Waals surface area contributed by atoms with Gasteiger partial charge in [-0.05, 0) is 19.1 Å². The number of rotatable bonds is 3. The van der Waals surface area contributed by atoms with Crippen molar-refractivity contribution in [1.82, 2.24) is 4.98 Å². The van der Waals surface area contributed by atoms with E-state index in [-0.39, 0.29) is 6.61 Å². The number of aromatic nitrogens is 1. The topological polar surface area (TPSA) is 42.4 Å². The minimum absolute atomic E-state index is 0.188. The van der Waals surface area contributed by atoms with Gasteiger partial charge in [-0.1, -0.05) is 0 Å². The molecule has 1 N–H and O–H groups in total. The Bertz CT molecular complexity index is 235. The number of halogens is 1. The van der Waals surface area contributed by atoms with Gasteiger partial charge in [0.05, 0.1) is 12.3 Å². The third kappa shape index (κ3) is 2.84. The minimum atomic E-state index is -0.542. The second-order valence-corrected chi connectivity index (χ2v) is 2.48. The second-order valence-electron chi connectivity index (χ2n) is 2.48. The molecule has 12 heavy (non-hydrogen) atoms. The number of hydrogen-bond acceptors (Lipinski definition) is 3. The van der Waals surface area contributed by atoms with Gasteiger partial charge in [0, 0.05) is 0 Å². The number of ether oxygens (including phenoxy) is 1. The fourth-order valence-electron chi connectivity index (χ4n) is 0.664. The first-order valence-corrected chi connectivity index (χ1v) is 3.61. The lowest BCUT2D eigenvalue weighted by molar-refractivity contribution is 0.122. The van der Waals surface area contributed by atoms with Gasteiger partial charge in [0.15, 0.2) is 0 Å². The highest BCUT2D eigenvalue weighted by Gasteiger charge is 1.98. The lowest BCUT2D eigenvalue weighted by Crippen LogP contribution is -2.12. The zero-order valence-electron chi connectivity index (χ0n) is 6.70. The zero-order valence-corrected chi connectivity index (χ0v) is 6.70. The fraction of sp³-hybridized carbons (Fsp3) is 0.375. The van der Waals surface area contributed by atoms with Crippen LogP contribution in [0.5, 0.6) is 5.75 Å². The molecule has 1 rings (SSSR count). The summed E-state index contributed by atoms with van der Waals surface area (Å²) in [5.41, 5.74) is 0. The molecule has 4 heteroatoms. The molecule has 1 heterocycles. The maximum Gasteiger partial charge on any atom is 0.213 e. The lowest BCUT2D eigenvalue weighted by Gasteiger charge is -2.06. The molecule has 0 aliphatic rings. The van der Waals surface area contributed by atoms with Gasteiger partial charge in [0.1, 0.15) is 12.4 Å². The summed E-state index contributed by atoms with van der Waals surface area (Å²) in [5, 5.41) is 8.85. The number of hydrogen-bond donors (Lipinski definition) is 1. The number of nitrogens with zero attached hydrogens (tertiary/aromatic N) is 1. The maximum absolute atomic E-state index is 12.3. The van der Waals surface area contributed by atoms with Crippen molar-refractivity contribution in [2.75, 3.05) is 6.61 Å². The highest BCUT2D eigenvalue weighted by Crippen LogP contribution is 2.08. The van der Waals surface area contributed by atoms with Crippen molar-refractivity contribution in [3.05, 3.63) is 24.3 Å². The average molecular weight is 171 g/mol. The van der Waals surface area contributed by atoms with Crippen molar-refractivity contribution in [3.8, 4) is 5.75 Å². The van der Waals surface area contributed by atoms with Crippen LogP contribution in [0.15, 0.2) is 18.3 Å². The predicted molar refractivity (Wildman–Crippen MR) is 41.4 cm³/mol. The average Bonchev–Trinajstić information content (AvgIpc) is 2.03. The van der Waals surface area contributed by atoms with E-state index in [1.165, 1.54) is 18.3 Å². The molecule has 1 aromatic heterocycles. The molecule has 0 aromatic carbocycles. The van der Waals surface area contributed by atoms with Crippen molar-refractivity contribution >= 4 is 0 Å². The Balaban J connectivity index is 2.48. The first kappa shape index (κ1) is 8.93. The SMILES string of the molecule is CC(O)COc1ccc(F)nc1. The van der Waals surface area contributed by atoms with Gasteiger partial charge < -0.3 is 9.84 Å². The molecule has 3 nitrogen and oxygen atoms in total. The van der Waals surface area contributed by atoms with Gasteiger partial charge >= 0.3 is 0 Å². The van der Waals surface area contributed by atoms with Gasteiger partial charge in [0.25, 0.3) is 0 Å². The number of aliphatic hydroxyl groups excluding tert-OH is 1. The van der Waals surface area contributed by atoms with Gasteiger partial charge in [-0.3, -0.25) is 0 Å². The molecule has 0 aliphatic heterocycles. The Labute approximate surface area is 69.8 Å². The largest absolute Gasteiger partial charge is 0.489 e. The highest BCUT2D eigenvalue weighted by atomic mass is 19.1. The van der Waals surface area contributed by atoms with Gasteiger partial charge in [-0.15, -0.1) is 0 Å². The first-order valence-electron chi connectivity index (χ1n) is 3.61. The molecule has 0 fully saturated rings. The third-order valence-electron chi connectivity index (χ3n) is 1.19. The van der Waals surface area contributed by atoms with E-state index in [0.717, 1.165) is 0 Å². The third-order valence-corrected chi connectivity index (χ3v) is 1.19. The van der Waals surface area contributed by atoms with Crippen LogP contribution < -0.4 is 4.74 Å². The summed E-state index contributed by atoms with van der Waals surface area (Å²) in [5.74, 6) is -0.0864. The van der Waals surface area contributed by atoms with E-state index < -0.39 is 12.1 Å². The van der Waals surface area contributed by atoms with Gasteiger partial charge in [-0.25, -0.2) is 4.98 Å². The maximum atomic E-state index is 12.3. The Hall–Kier alpha value is -1.16. The Morgan fingerprint density at radius 3 is 2.92 bits per heavy atom. The molecule has 0 bridgehead atoms. The van der Waals surface area contributed by atoms with Crippen LogP contribution in [0.3, 0.4) is 0 Å². The minimum Gasteiger partial charge on any atom is -0.489 e. The first-order chi connectivity index (χ1) is 5.68. The fourth-order valence-corrected chi connectivity index (χ4v) is 0.664. The molecule has 1 aromatic rings. The molecular formula is C8H10FNO2. The van der Waals surface area contributed by atoms with E-state index in [4.69, 9.17) is 9.84 Å². The van der Waals surface area contributed by atoms with Crippen molar-refractivity contribution in [2.24, 2.45) is 0 Å². The van der Waals surface area contributed by atoms with E-state index in [2.05, 4.69) is 4.98 Å². The van der Waals surface area contributed by atoms with Crippen LogP contribution in [0, 0.1) is 5.95 Å². The van der Waals surface area contributed by atoms with Crippen LogP contribution >= 0.6 is 0 Å². The van der Waals surface area contributed by atoms with E-state index in [1.54, 1.807) is 6.92 Å². The second kappa shape index (κ2) is 4.01. The van der Waals surface area contributed by atoms with Gasteiger partial charge in [-0.2, -0.15) is 4.39 Å². The van der Waals surface area contributed by atoms with Crippen molar-refractivity contribution in [2.45, 2.75) is 13.0 Å². The van der Waals surface area contributed by atoms with Crippen LogP contribution in [-0.2, 0) is 0 Å². The van der Waals surface area contributed by atoms with Crippen molar-refractivity contribution in [3.63, 3.8) is 0 Å². The number of aliphatic hydroxyl groups is 1. The molecule has 0 saturated heterocycles. The molecule has 1 atom stereocenters. The molecule has 0 aliphatic carbocycles. The van der Waals surface area contributed by atoms with Crippen LogP contribution in [0.25, 0.3) is 0 Å². The highest BCUT2D eigenvalue weighted by molar-refractivity contribution is 5.15. The van der Waals surface area contributed by atoms with Crippen LogP contribution in [-0.4, -0.2) is 22.8 Å². The Morgan fingerprint density at radius 1 is 1.67 bits per heavy atom. The molecule has 0 spiro atoms. The van der Waals surface area contributed by atoms with E-state index in [1.807, 2.05) is 0 Å². The lowest BCUT2D eigenvalue weighted by atomic mass is 10.4. The summed E-state index contributed by atoms with van der Waals surface area (Å²) >= 11 is 0. The molecule has 0 saturated carbocycles. The summed E-state index contributed by atoms with van der Waals surface area (Å²) in [6.07, 6.45) is 0.743. The molecule has 1 unspecified atom stereocenters. The summed E-state index contributed by atoms with van der Waals surface area (Å²) in [4.78, 5) is 3.38. The monoisotopic (exact) mass is 171 g/mol. The molecular weight excluding hydrogens is 161 g/mol. The predicted octanol–water partition coefficient (Wildman–Crippen LogP) is 0.980. The zero-order chi connectivity index (χ0) is 8.97. The smallest absolute Gasteiger partial charge is 0.213 e. The van der Waals surface area contributed by atoms with E-state index in [9.17, 15) is 4.39 Å². The van der Waals surface area contributed by atoms with Crippen molar-refractivity contribution in [1.29, 1.82) is 0 Å². The standard InChI is InChI=1S/C8H10FNO2/c1-6(11)5-12-7-2-3-8(9)10-4-7/h2-4,6,11H,5H2,1H3. The quantitative estimate of drug-likeness (QED) is 0.689. The van der Waals surface area contributed by atoms with Crippen molar-refractivity contribution < 1.29 is 14.2 Å². The number of pyridine rings is 1. The van der Waals surface area contributed by atoms with E-state index >= 15 is 0 Å². The normalized spacial score (nSPS) is 12.6. The summed E-state index contributed by atoms with van der Waals surface area (Å²) in [7, 11) is 0. The van der Waals surface area contributed by atoms with Crippen LogP contribution in [0.4, 0.5) is 4.39 Å². The Kier molecular flexibility index (Phi) is 2.99. The Morgan fingerprint density at radius 2 is 2.42 bits per heavy atom. The van der Waals surface area contributed by atoms with E-state index in [0.29, 0.717) is 5.75 Å². The van der Waals surface area contributed by atoms with Gasteiger partial charge in [0.2, 0.25) is 5.95 Å². The van der Waals surface area contributed by atoms with Crippen LogP contribution in [0.1, 0.15) is 6.92 Å². The molecule has 66 valence electrons. The molecule has 0 radical (unpaired) electrons. The summed E-state index contributed by atoms with van der Waals surface area (Å²) < 4.78 is 17.3.